The van der Waals surface area contributed by atoms with Crippen LogP contribution in [0.15, 0.2) is 61.7 Å². The third-order valence-electron chi connectivity index (χ3n) is 6.00. The van der Waals surface area contributed by atoms with Gasteiger partial charge in [-0.25, -0.2) is 0 Å². The fourth-order valence-corrected chi connectivity index (χ4v) is 6.54. The summed E-state index contributed by atoms with van der Waals surface area (Å²) in [7, 11) is 3.23. The number of nitrogens with zero attached hydrogens (tertiary/aromatic N) is 1. The quantitative estimate of drug-likeness (QED) is 0.139. The summed E-state index contributed by atoms with van der Waals surface area (Å²) in [6.07, 6.45) is 17.3. The topological polar surface area (TPSA) is 42.2 Å². The summed E-state index contributed by atoms with van der Waals surface area (Å²) in [4.78, 5) is 0. The van der Waals surface area contributed by atoms with E-state index in [2.05, 4.69) is 26.2 Å². The number of rotatable bonds is 16. The summed E-state index contributed by atoms with van der Waals surface area (Å²) in [5, 5.41) is 8.96. The van der Waals surface area contributed by atoms with E-state index in [4.69, 9.17) is 27.0 Å². The van der Waals surface area contributed by atoms with Crippen LogP contribution >= 0.6 is 35.7 Å². The molecule has 0 aliphatic carbocycles. The average Bonchev–Trinajstić information content (AvgIpc) is 3.00. The van der Waals surface area contributed by atoms with Crippen LogP contribution in [0.5, 0.6) is 11.5 Å². The molecule has 0 aromatic heterocycles. The molecule has 0 unspecified atom stereocenters. The Hall–Kier alpha value is -2.20. The van der Waals surface area contributed by atoms with Crippen LogP contribution in [0.4, 0.5) is 0 Å². The van der Waals surface area contributed by atoms with Gasteiger partial charge in [-0.3, -0.25) is 0 Å². The maximum absolute atomic E-state index is 8.96. The molecule has 0 bridgehead atoms. The number of benzene rings is 2. The average molecular weight is 614 g/mol. The second-order valence-electron chi connectivity index (χ2n) is 9.94. The van der Waals surface area contributed by atoms with Crippen molar-refractivity contribution in [2.75, 3.05) is 20.0 Å². The Morgan fingerprint density at radius 3 is 1.83 bits per heavy atom. The predicted octanol–water partition coefficient (Wildman–Crippen LogP) is 11.6. The lowest BCUT2D eigenvalue weighted by atomic mass is 10.1. The molecule has 0 saturated heterocycles. The second kappa shape index (κ2) is 25.5. The molecular formula is C35H51NO2S3. The van der Waals surface area contributed by atoms with Gasteiger partial charge in [0, 0.05) is 0 Å². The van der Waals surface area contributed by atoms with E-state index in [1.807, 2.05) is 68.5 Å². The monoisotopic (exact) mass is 613 g/mol. The number of thiocarbonyl (C=S) groups is 1. The molecule has 41 heavy (non-hydrogen) atoms. The Morgan fingerprint density at radius 2 is 1.37 bits per heavy atom. The number of unbranched alkanes of at least 4 members (excludes halogenated alkanes) is 9. The standard InChI is InChI=1S/C17H31NS3.C10H12O2.C8H8/c1-4-5-6-7-8-9-10-11-12-13-14-20-16(19)21-17(2,3)15-18;1-4-8-5-6-9(11-2)10(7-8)12-3;1-2-8-6-4-3-5-7-8/h4-14H2,1-3H3;4-7H,1H2,2-3H3;2-7H,1H2. The number of hydrogen-bond donors (Lipinski definition) is 0. The number of hydrogen-bond acceptors (Lipinski definition) is 6. The Bertz CT molecular complexity index is 1020. The van der Waals surface area contributed by atoms with Crippen LogP contribution in [0.2, 0.25) is 0 Å². The van der Waals surface area contributed by atoms with Gasteiger partial charge in [0.15, 0.2) is 11.5 Å². The summed E-state index contributed by atoms with van der Waals surface area (Å²) >= 11 is 8.57. The van der Waals surface area contributed by atoms with Crippen molar-refractivity contribution >= 4 is 51.4 Å². The second-order valence-corrected chi connectivity index (χ2v) is 13.9. The normalized spacial score (nSPS) is 10.1. The summed E-state index contributed by atoms with van der Waals surface area (Å²) < 4.78 is 10.7. The fraction of sp³-hybridized carbons (Fsp3) is 0.486. The smallest absolute Gasteiger partial charge is 0.161 e. The molecule has 0 heterocycles. The molecule has 226 valence electrons. The van der Waals surface area contributed by atoms with E-state index in [1.54, 1.807) is 32.1 Å². The number of thioether (sulfide) groups is 2. The zero-order valence-electron chi connectivity index (χ0n) is 26.0. The molecule has 0 spiro atoms. The van der Waals surface area contributed by atoms with Gasteiger partial charge in [0.05, 0.1) is 20.3 Å². The fourth-order valence-electron chi connectivity index (χ4n) is 3.57. The summed E-state index contributed by atoms with van der Waals surface area (Å²) in [6.45, 7) is 13.4. The summed E-state index contributed by atoms with van der Waals surface area (Å²) in [5.41, 5.74) is 2.19. The van der Waals surface area contributed by atoms with E-state index in [0.29, 0.717) is 0 Å². The van der Waals surface area contributed by atoms with Gasteiger partial charge in [0.1, 0.15) is 8.28 Å². The largest absolute Gasteiger partial charge is 0.493 e. The van der Waals surface area contributed by atoms with Gasteiger partial charge >= 0.3 is 0 Å². The first kappa shape index (κ1) is 38.8. The van der Waals surface area contributed by atoms with Crippen molar-refractivity contribution in [2.45, 2.75) is 89.7 Å². The van der Waals surface area contributed by atoms with E-state index in [0.717, 1.165) is 26.3 Å². The Balaban J connectivity index is 0.000000662. The van der Waals surface area contributed by atoms with Gasteiger partial charge < -0.3 is 9.47 Å². The van der Waals surface area contributed by atoms with Gasteiger partial charge in [-0.15, -0.1) is 11.8 Å². The highest BCUT2D eigenvalue weighted by Crippen LogP contribution is 2.30. The van der Waals surface area contributed by atoms with Gasteiger partial charge in [0.2, 0.25) is 0 Å². The maximum Gasteiger partial charge on any atom is 0.161 e. The molecule has 3 nitrogen and oxygen atoms in total. The van der Waals surface area contributed by atoms with Gasteiger partial charge in [-0.1, -0.05) is 150 Å². The third-order valence-corrected chi connectivity index (χ3v) is 8.71. The molecule has 0 radical (unpaired) electrons. The number of methoxy groups -OCH3 is 2. The molecule has 2 rings (SSSR count). The lowest BCUT2D eigenvalue weighted by molar-refractivity contribution is 0.355. The minimum atomic E-state index is -0.387. The molecular weight excluding hydrogens is 563 g/mol. The summed E-state index contributed by atoms with van der Waals surface area (Å²) in [6, 6.07) is 18.0. The SMILES string of the molecule is C=Cc1ccc(OC)c(OC)c1.C=Cc1ccccc1.CCCCCCCCCCCCSC(=S)SC(C)(C)C#N. The number of ether oxygens (including phenoxy) is 2. The first-order valence-corrected chi connectivity index (χ1v) is 16.8. The van der Waals surface area contributed by atoms with Gasteiger partial charge in [0.25, 0.3) is 0 Å². The van der Waals surface area contributed by atoms with Crippen molar-refractivity contribution in [3.05, 3.63) is 72.8 Å². The lowest BCUT2D eigenvalue weighted by Crippen LogP contribution is -2.12. The minimum absolute atomic E-state index is 0.387. The number of nitriles is 1. The van der Waals surface area contributed by atoms with Crippen LogP contribution in [0.3, 0.4) is 0 Å². The van der Waals surface area contributed by atoms with E-state index in [-0.39, 0.29) is 4.75 Å². The molecule has 0 aliphatic rings. The van der Waals surface area contributed by atoms with E-state index in [1.165, 1.54) is 81.5 Å². The van der Waals surface area contributed by atoms with Crippen molar-refractivity contribution in [3.63, 3.8) is 0 Å². The molecule has 0 N–H and O–H groups in total. The molecule has 6 heteroatoms. The highest BCUT2D eigenvalue weighted by molar-refractivity contribution is 8.47. The van der Waals surface area contributed by atoms with Crippen LogP contribution in [-0.4, -0.2) is 28.2 Å². The van der Waals surface area contributed by atoms with Crippen LogP contribution in [0.1, 0.15) is 96.1 Å². The van der Waals surface area contributed by atoms with Crippen LogP contribution in [0.25, 0.3) is 12.2 Å². The van der Waals surface area contributed by atoms with E-state index < -0.39 is 0 Å². The highest BCUT2D eigenvalue weighted by Gasteiger charge is 2.19. The van der Waals surface area contributed by atoms with Gasteiger partial charge in [-0.05, 0) is 49.3 Å². The Labute approximate surface area is 265 Å². The molecule has 2 aromatic carbocycles. The summed E-state index contributed by atoms with van der Waals surface area (Å²) in [5.74, 6) is 2.57. The van der Waals surface area contributed by atoms with Crippen molar-refractivity contribution in [2.24, 2.45) is 0 Å². The molecule has 0 saturated carbocycles. The Morgan fingerprint density at radius 1 is 0.829 bits per heavy atom. The first-order valence-electron chi connectivity index (χ1n) is 14.6. The van der Waals surface area contributed by atoms with Crippen molar-refractivity contribution in [1.82, 2.24) is 0 Å². The van der Waals surface area contributed by atoms with Gasteiger partial charge in [-0.2, -0.15) is 5.26 Å². The molecule has 2 aromatic rings. The van der Waals surface area contributed by atoms with E-state index in [9.17, 15) is 0 Å². The molecule has 0 atom stereocenters. The van der Waals surface area contributed by atoms with E-state index >= 15 is 0 Å². The predicted molar refractivity (Wildman–Crippen MR) is 190 cm³/mol. The maximum atomic E-state index is 8.96. The molecule has 0 aliphatic heterocycles. The zero-order chi connectivity index (χ0) is 30.8. The first-order chi connectivity index (χ1) is 19.8. The van der Waals surface area contributed by atoms with Crippen molar-refractivity contribution in [1.29, 1.82) is 5.26 Å². The third kappa shape index (κ3) is 21.2. The lowest BCUT2D eigenvalue weighted by Gasteiger charge is -2.14. The Kier molecular flexibility index (Phi) is 24.1. The van der Waals surface area contributed by atoms with Crippen LogP contribution in [-0.2, 0) is 0 Å². The minimum Gasteiger partial charge on any atom is -0.493 e. The van der Waals surface area contributed by atoms with Crippen LogP contribution in [0, 0.1) is 11.3 Å². The molecule has 0 fully saturated rings. The molecule has 0 amide bonds. The van der Waals surface area contributed by atoms with Crippen molar-refractivity contribution in [3.8, 4) is 17.6 Å². The van der Waals surface area contributed by atoms with Crippen LogP contribution < -0.4 is 9.47 Å². The highest BCUT2D eigenvalue weighted by atomic mass is 32.2. The van der Waals surface area contributed by atoms with Crippen molar-refractivity contribution < 1.29 is 9.47 Å². The zero-order valence-corrected chi connectivity index (χ0v) is 28.4.